The number of aromatic nitrogens is 1. The van der Waals surface area contributed by atoms with Gasteiger partial charge in [0.1, 0.15) is 6.54 Å². The molecule has 2 heteroatoms. The van der Waals surface area contributed by atoms with E-state index in [1.807, 2.05) is 6.20 Å². The zero-order chi connectivity index (χ0) is 19.6. The lowest BCUT2D eigenvalue weighted by atomic mass is 9.81. The number of hydrogen-bond acceptors (Lipinski definition) is 1. The van der Waals surface area contributed by atoms with Crippen LogP contribution < -0.4 is 0 Å². The number of hydrogen-bond donors (Lipinski definition) is 0. The van der Waals surface area contributed by atoms with Crippen molar-refractivity contribution in [3.63, 3.8) is 0 Å². The number of quaternary nitrogens is 1. The number of nitrogens with zero attached hydrogens (tertiary/aromatic N) is 2. The van der Waals surface area contributed by atoms with Gasteiger partial charge in [-0.1, -0.05) is 62.4 Å². The Hall–Kier alpha value is -2.19. The van der Waals surface area contributed by atoms with Gasteiger partial charge in [-0.25, -0.2) is 0 Å². The van der Waals surface area contributed by atoms with Crippen LogP contribution in [0.2, 0.25) is 0 Å². The molecule has 4 rings (SSSR count). The van der Waals surface area contributed by atoms with E-state index in [4.69, 9.17) is 0 Å². The predicted octanol–water partition coefficient (Wildman–Crippen LogP) is 6.00. The molecule has 2 aromatic carbocycles. The summed E-state index contributed by atoms with van der Waals surface area (Å²) >= 11 is 0. The lowest BCUT2D eigenvalue weighted by molar-refractivity contribution is -1.02. The Labute approximate surface area is 169 Å². The fourth-order valence-corrected chi connectivity index (χ4v) is 5.33. The lowest BCUT2D eigenvalue weighted by Gasteiger charge is -2.58. The van der Waals surface area contributed by atoms with Gasteiger partial charge in [-0.3, -0.25) is 4.98 Å². The van der Waals surface area contributed by atoms with E-state index < -0.39 is 0 Å². The van der Waals surface area contributed by atoms with Crippen LogP contribution in [-0.2, 0) is 13.0 Å². The Bertz CT molecular complexity index is 915. The van der Waals surface area contributed by atoms with Crippen LogP contribution >= 0.6 is 0 Å². The maximum Gasteiger partial charge on any atom is 0.105 e. The molecule has 0 N–H and O–H groups in total. The van der Waals surface area contributed by atoms with Gasteiger partial charge in [0.2, 0.25) is 0 Å². The monoisotopic (exact) mass is 373 g/mol. The molecule has 0 aliphatic carbocycles. The van der Waals surface area contributed by atoms with Crippen molar-refractivity contribution in [3.05, 3.63) is 78.0 Å². The number of rotatable bonds is 7. The average molecular weight is 374 g/mol. The first kappa shape index (κ1) is 19.1. The van der Waals surface area contributed by atoms with Gasteiger partial charge in [0.05, 0.1) is 24.1 Å². The molecule has 2 heterocycles. The Kier molecular flexibility index (Phi) is 5.50. The molecule has 0 bridgehead atoms. The molecular weight excluding hydrogens is 340 g/mol. The first-order valence-electron chi connectivity index (χ1n) is 10.9. The minimum atomic E-state index is 0.596. The molecule has 0 saturated carbocycles. The predicted molar refractivity (Wildman–Crippen MR) is 118 cm³/mol. The van der Waals surface area contributed by atoms with E-state index >= 15 is 0 Å². The quantitative estimate of drug-likeness (QED) is 0.463. The fourth-order valence-electron chi connectivity index (χ4n) is 5.33. The molecule has 0 spiro atoms. The van der Waals surface area contributed by atoms with Crippen LogP contribution in [-0.4, -0.2) is 28.1 Å². The average Bonchev–Trinajstić information content (AvgIpc) is 2.72. The second-order valence-corrected chi connectivity index (χ2v) is 8.75. The van der Waals surface area contributed by atoms with E-state index in [-0.39, 0.29) is 0 Å². The van der Waals surface area contributed by atoms with Crippen LogP contribution in [0.4, 0.5) is 0 Å². The molecule has 0 radical (unpaired) electrons. The van der Waals surface area contributed by atoms with E-state index in [0.29, 0.717) is 6.04 Å². The Balaban J connectivity index is 1.66. The molecule has 1 aromatic heterocycles. The highest BCUT2D eigenvalue weighted by Crippen LogP contribution is 2.41. The van der Waals surface area contributed by atoms with Crippen LogP contribution in [0.3, 0.4) is 0 Å². The van der Waals surface area contributed by atoms with Crippen LogP contribution in [0.5, 0.6) is 0 Å². The Morgan fingerprint density at radius 2 is 1.75 bits per heavy atom. The van der Waals surface area contributed by atoms with Crippen molar-refractivity contribution >= 4 is 10.9 Å². The Morgan fingerprint density at radius 1 is 1.00 bits per heavy atom. The fraction of sp³-hybridized carbons (Fsp3) is 0.423. The number of fused-ring (bicyclic) bond motifs is 1. The molecule has 1 saturated heterocycles. The molecule has 3 aromatic rings. The van der Waals surface area contributed by atoms with Crippen molar-refractivity contribution in [2.24, 2.45) is 5.92 Å². The first-order valence-corrected chi connectivity index (χ1v) is 10.9. The second-order valence-electron chi connectivity index (χ2n) is 8.75. The maximum atomic E-state index is 4.56. The van der Waals surface area contributed by atoms with Gasteiger partial charge < -0.3 is 4.48 Å². The van der Waals surface area contributed by atoms with E-state index in [0.717, 1.165) is 30.4 Å². The zero-order valence-electron chi connectivity index (χ0n) is 17.5. The third-order valence-corrected chi connectivity index (χ3v) is 7.25. The summed E-state index contributed by atoms with van der Waals surface area (Å²) in [5.41, 5.74) is 4.03. The molecule has 1 fully saturated rings. The molecule has 4 unspecified atom stereocenters. The summed E-state index contributed by atoms with van der Waals surface area (Å²) in [7, 11) is 0. The van der Waals surface area contributed by atoms with E-state index in [1.165, 1.54) is 40.4 Å². The van der Waals surface area contributed by atoms with Crippen molar-refractivity contribution in [1.82, 2.24) is 4.98 Å². The maximum absolute atomic E-state index is 4.56. The zero-order valence-corrected chi connectivity index (χ0v) is 17.5. The highest BCUT2D eigenvalue weighted by atomic mass is 15.4. The van der Waals surface area contributed by atoms with Crippen LogP contribution in [0.1, 0.15) is 44.7 Å². The van der Waals surface area contributed by atoms with E-state index in [9.17, 15) is 0 Å². The first-order chi connectivity index (χ1) is 13.6. The summed E-state index contributed by atoms with van der Waals surface area (Å²) < 4.78 is 1.23. The number of para-hydroxylation sites is 1. The lowest BCUT2D eigenvalue weighted by Crippen LogP contribution is -2.70. The standard InChI is InChI=1S/C26H33N2/c1-4-20(2)26-15-17-28(26,19-22-10-6-5-7-11-22)21(3)18-23-14-16-27-25-13-9-8-12-24(23)25/h5-14,16,20-21,26H,4,15,17-19H2,1-3H3/q+1. The SMILES string of the molecule is CCC(C)C1CC[N+]1(Cc1ccccc1)C(C)Cc1ccnc2ccccc12. The van der Waals surface area contributed by atoms with Crippen molar-refractivity contribution in [2.45, 2.75) is 58.7 Å². The molecular formula is C26H33N2+. The molecule has 28 heavy (non-hydrogen) atoms. The molecule has 0 amide bonds. The summed E-state index contributed by atoms with van der Waals surface area (Å²) in [4.78, 5) is 4.56. The highest BCUT2D eigenvalue weighted by Gasteiger charge is 2.51. The van der Waals surface area contributed by atoms with Gasteiger partial charge in [-0.15, -0.1) is 0 Å². The van der Waals surface area contributed by atoms with Gasteiger partial charge in [0.15, 0.2) is 0 Å². The molecule has 2 nitrogen and oxygen atoms in total. The second kappa shape index (κ2) is 8.05. The van der Waals surface area contributed by atoms with Crippen molar-refractivity contribution in [2.75, 3.05) is 6.54 Å². The van der Waals surface area contributed by atoms with Gasteiger partial charge in [-0.05, 0) is 31.0 Å². The summed E-state index contributed by atoms with van der Waals surface area (Å²) in [5.74, 6) is 0.772. The minimum absolute atomic E-state index is 0.596. The molecule has 146 valence electrons. The van der Waals surface area contributed by atoms with Crippen molar-refractivity contribution in [3.8, 4) is 0 Å². The Morgan fingerprint density at radius 3 is 2.46 bits per heavy atom. The van der Waals surface area contributed by atoms with Gasteiger partial charge >= 0.3 is 0 Å². The summed E-state index contributed by atoms with van der Waals surface area (Å²) in [6.45, 7) is 9.73. The topological polar surface area (TPSA) is 12.9 Å². The molecule has 1 aliphatic rings. The van der Waals surface area contributed by atoms with Gasteiger partial charge in [0.25, 0.3) is 0 Å². The molecule has 4 atom stereocenters. The summed E-state index contributed by atoms with van der Waals surface area (Å²) in [6, 6.07) is 23.3. The van der Waals surface area contributed by atoms with Gasteiger partial charge in [0, 0.05) is 35.9 Å². The van der Waals surface area contributed by atoms with Gasteiger partial charge in [-0.2, -0.15) is 0 Å². The summed E-state index contributed by atoms with van der Waals surface area (Å²) in [5, 5.41) is 1.32. The molecule has 1 aliphatic heterocycles. The summed E-state index contributed by atoms with van der Waals surface area (Å²) in [6.07, 6.45) is 5.73. The minimum Gasteiger partial charge on any atom is -0.314 e. The number of benzene rings is 2. The smallest absolute Gasteiger partial charge is 0.105 e. The van der Waals surface area contributed by atoms with Crippen LogP contribution in [0, 0.1) is 5.92 Å². The number of pyridine rings is 1. The van der Waals surface area contributed by atoms with E-state index in [2.05, 4.69) is 86.4 Å². The third-order valence-electron chi connectivity index (χ3n) is 7.25. The third kappa shape index (κ3) is 3.46. The number of likely N-dealkylation sites (tertiary alicyclic amines) is 1. The van der Waals surface area contributed by atoms with E-state index in [1.54, 1.807) is 0 Å². The van der Waals surface area contributed by atoms with Crippen molar-refractivity contribution < 1.29 is 4.48 Å². The van der Waals surface area contributed by atoms with Crippen LogP contribution in [0.25, 0.3) is 10.9 Å². The largest absolute Gasteiger partial charge is 0.314 e. The highest BCUT2D eigenvalue weighted by molar-refractivity contribution is 5.81. The van der Waals surface area contributed by atoms with Crippen molar-refractivity contribution in [1.29, 1.82) is 0 Å². The normalized spacial score (nSPS) is 23.9. The van der Waals surface area contributed by atoms with Crippen LogP contribution in [0.15, 0.2) is 66.9 Å².